The summed E-state index contributed by atoms with van der Waals surface area (Å²) in [7, 11) is 0. The molecule has 0 bridgehead atoms. The van der Waals surface area contributed by atoms with E-state index in [1.807, 2.05) is 4.68 Å². The molecule has 0 aliphatic carbocycles. The molecule has 3 heterocycles. The van der Waals surface area contributed by atoms with E-state index < -0.39 is 5.82 Å². The maximum atomic E-state index is 13.6. The van der Waals surface area contributed by atoms with Gasteiger partial charge in [-0.3, -0.25) is 14.3 Å². The Morgan fingerprint density at radius 3 is 2.79 bits per heavy atom. The first-order valence-corrected chi connectivity index (χ1v) is 9.98. The van der Waals surface area contributed by atoms with Gasteiger partial charge in [-0.2, -0.15) is 5.10 Å². The predicted molar refractivity (Wildman–Crippen MR) is 104 cm³/mol. The van der Waals surface area contributed by atoms with Crippen LogP contribution in [0.1, 0.15) is 38.4 Å². The van der Waals surface area contributed by atoms with E-state index in [0.717, 1.165) is 12.1 Å². The number of benzene rings is 1. The molecular weight excluding hydrogens is 375 g/mol. The van der Waals surface area contributed by atoms with E-state index in [1.54, 1.807) is 24.1 Å². The van der Waals surface area contributed by atoms with Crippen LogP contribution in [0.25, 0.3) is 0 Å². The van der Waals surface area contributed by atoms with Crippen molar-refractivity contribution in [2.45, 2.75) is 26.3 Å². The number of rotatable bonds is 4. The second-order valence-electron chi connectivity index (χ2n) is 7.72. The lowest BCUT2D eigenvalue weighted by Crippen LogP contribution is -2.41. The Bertz CT molecular complexity index is 900. The number of morpholine rings is 1. The monoisotopic (exact) mass is 400 g/mol. The van der Waals surface area contributed by atoms with E-state index in [0.29, 0.717) is 62.5 Å². The molecule has 1 saturated heterocycles. The standard InChI is InChI=1S/C21H25FN4O3/c1-14-8-16(11-17(22)9-14)20(27)23-12-15-2-3-26-19(10-15)18(13-24-26)21(28)25-4-6-29-7-5-25/h8-9,11,13,15H,2-7,10,12H2,1H3,(H,23,27). The molecule has 1 atom stereocenters. The summed E-state index contributed by atoms with van der Waals surface area (Å²) in [6, 6.07) is 4.32. The van der Waals surface area contributed by atoms with Crippen LogP contribution in [-0.2, 0) is 17.7 Å². The number of hydrogen-bond donors (Lipinski definition) is 1. The summed E-state index contributed by atoms with van der Waals surface area (Å²) in [6.45, 7) is 5.25. The van der Waals surface area contributed by atoms with Gasteiger partial charge < -0.3 is 15.0 Å². The zero-order valence-electron chi connectivity index (χ0n) is 16.5. The van der Waals surface area contributed by atoms with Crippen molar-refractivity contribution in [3.63, 3.8) is 0 Å². The zero-order valence-corrected chi connectivity index (χ0v) is 16.5. The van der Waals surface area contributed by atoms with Crippen LogP contribution in [0.15, 0.2) is 24.4 Å². The van der Waals surface area contributed by atoms with Gasteiger partial charge in [0.05, 0.1) is 30.7 Å². The molecule has 2 aromatic rings. The van der Waals surface area contributed by atoms with Crippen LogP contribution in [0.4, 0.5) is 4.39 Å². The second-order valence-corrected chi connectivity index (χ2v) is 7.72. The molecule has 1 aromatic heterocycles. The highest BCUT2D eigenvalue weighted by atomic mass is 19.1. The summed E-state index contributed by atoms with van der Waals surface area (Å²) >= 11 is 0. The molecule has 1 unspecified atom stereocenters. The molecule has 2 aliphatic heterocycles. The van der Waals surface area contributed by atoms with Gasteiger partial charge in [0, 0.05) is 31.7 Å². The van der Waals surface area contributed by atoms with Crippen molar-refractivity contribution in [3.05, 3.63) is 52.6 Å². The average molecular weight is 400 g/mol. The Morgan fingerprint density at radius 1 is 1.24 bits per heavy atom. The highest BCUT2D eigenvalue weighted by molar-refractivity contribution is 5.95. The maximum absolute atomic E-state index is 13.6. The van der Waals surface area contributed by atoms with Crippen molar-refractivity contribution in [1.82, 2.24) is 20.0 Å². The number of carbonyl (C=O) groups excluding carboxylic acids is 2. The first-order chi connectivity index (χ1) is 14.0. The van der Waals surface area contributed by atoms with Gasteiger partial charge in [0.1, 0.15) is 5.82 Å². The number of ether oxygens (including phenoxy) is 1. The quantitative estimate of drug-likeness (QED) is 0.849. The minimum absolute atomic E-state index is 0.00512. The van der Waals surface area contributed by atoms with Gasteiger partial charge in [-0.1, -0.05) is 0 Å². The van der Waals surface area contributed by atoms with Crippen LogP contribution in [0.2, 0.25) is 0 Å². The summed E-state index contributed by atoms with van der Waals surface area (Å²) in [6.07, 6.45) is 3.19. The number of halogens is 1. The van der Waals surface area contributed by atoms with E-state index in [1.165, 1.54) is 12.1 Å². The molecular formula is C21H25FN4O3. The summed E-state index contributed by atoms with van der Waals surface area (Å²) in [4.78, 5) is 27.1. The van der Waals surface area contributed by atoms with Crippen LogP contribution >= 0.6 is 0 Å². The third-order valence-electron chi connectivity index (χ3n) is 5.56. The summed E-state index contributed by atoms with van der Waals surface area (Å²) in [5.41, 5.74) is 2.60. The van der Waals surface area contributed by atoms with Gasteiger partial charge in [-0.05, 0) is 49.4 Å². The normalized spacial score (nSPS) is 19.0. The highest BCUT2D eigenvalue weighted by Gasteiger charge is 2.28. The van der Waals surface area contributed by atoms with E-state index in [2.05, 4.69) is 10.4 Å². The van der Waals surface area contributed by atoms with Crippen LogP contribution in [-0.4, -0.2) is 59.3 Å². The molecule has 0 saturated carbocycles. The summed E-state index contributed by atoms with van der Waals surface area (Å²) < 4.78 is 20.8. The van der Waals surface area contributed by atoms with Crippen molar-refractivity contribution in [3.8, 4) is 0 Å². The van der Waals surface area contributed by atoms with Gasteiger partial charge in [0.15, 0.2) is 0 Å². The van der Waals surface area contributed by atoms with Gasteiger partial charge in [-0.25, -0.2) is 4.39 Å². The lowest BCUT2D eigenvalue weighted by atomic mass is 9.94. The molecule has 0 spiro atoms. The van der Waals surface area contributed by atoms with Crippen molar-refractivity contribution >= 4 is 11.8 Å². The molecule has 1 N–H and O–H groups in total. The molecule has 4 rings (SSSR count). The Morgan fingerprint density at radius 2 is 2.03 bits per heavy atom. The van der Waals surface area contributed by atoms with Gasteiger partial charge >= 0.3 is 0 Å². The number of fused-ring (bicyclic) bond motifs is 1. The largest absolute Gasteiger partial charge is 0.378 e. The number of nitrogens with zero attached hydrogens (tertiary/aromatic N) is 3. The molecule has 0 radical (unpaired) electrons. The predicted octanol–water partition coefficient (Wildman–Crippen LogP) is 1.80. The topological polar surface area (TPSA) is 76.5 Å². The zero-order chi connectivity index (χ0) is 20.4. The van der Waals surface area contributed by atoms with E-state index >= 15 is 0 Å². The number of amides is 2. The van der Waals surface area contributed by atoms with E-state index in [-0.39, 0.29) is 17.7 Å². The smallest absolute Gasteiger partial charge is 0.257 e. The lowest BCUT2D eigenvalue weighted by Gasteiger charge is -2.28. The summed E-state index contributed by atoms with van der Waals surface area (Å²) in [5.74, 6) is -0.497. The second kappa shape index (κ2) is 8.32. The molecule has 1 fully saturated rings. The van der Waals surface area contributed by atoms with Crippen molar-refractivity contribution in [2.75, 3.05) is 32.8 Å². The minimum atomic E-state index is -0.414. The number of nitrogens with one attached hydrogen (secondary N) is 1. The molecule has 2 amide bonds. The van der Waals surface area contributed by atoms with E-state index in [4.69, 9.17) is 4.74 Å². The SMILES string of the molecule is Cc1cc(F)cc(C(=O)NCC2CCn3ncc(C(=O)N4CCOCC4)c3C2)c1. The average Bonchev–Trinajstić information content (AvgIpc) is 3.14. The Kier molecular flexibility index (Phi) is 5.62. The third-order valence-corrected chi connectivity index (χ3v) is 5.56. The highest BCUT2D eigenvalue weighted by Crippen LogP contribution is 2.24. The molecule has 29 heavy (non-hydrogen) atoms. The van der Waals surface area contributed by atoms with Gasteiger partial charge in [0.25, 0.3) is 11.8 Å². The minimum Gasteiger partial charge on any atom is -0.378 e. The molecule has 7 nitrogen and oxygen atoms in total. The Balaban J connectivity index is 1.40. The molecule has 1 aromatic carbocycles. The number of aromatic nitrogens is 2. The van der Waals surface area contributed by atoms with Crippen molar-refractivity contribution in [2.24, 2.45) is 5.92 Å². The Hall–Kier alpha value is -2.74. The van der Waals surface area contributed by atoms with Crippen LogP contribution in [0.3, 0.4) is 0 Å². The first kappa shape index (κ1) is 19.6. The van der Waals surface area contributed by atoms with Crippen molar-refractivity contribution in [1.29, 1.82) is 0 Å². The first-order valence-electron chi connectivity index (χ1n) is 9.98. The fraction of sp³-hybridized carbons (Fsp3) is 0.476. The third kappa shape index (κ3) is 4.32. The van der Waals surface area contributed by atoms with Gasteiger partial charge in [-0.15, -0.1) is 0 Å². The fourth-order valence-electron chi connectivity index (χ4n) is 4.00. The van der Waals surface area contributed by atoms with Crippen LogP contribution in [0.5, 0.6) is 0 Å². The summed E-state index contributed by atoms with van der Waals surface area (Å²) in [5, 5.41) is 7.29. The van der Waals surface area contributed by atoms with Crippen molar-refractivity contribution < 1.29 is 18.7 Å². The maximum Gasteiger partial charge on any atom is 0.257 e. The molecule has 154 valence electrons. The molecule has 2 aliphatic rings. The fourth-order valence-corrected chi connectivity index (χ4v) is 4.00. The number of aryl methyl sites for hydroxylation is 2. The van der Waals surface area contributed by atoms with Gasteiger partial charge in [0.2, 0.25) is 0 Å². The number of carbonyl (C=O) groups is 2. The van der Waals surface area contributed by atoms with E-state index in [9.17, 15) is 14.0 Å². The van der Waals surface area contributed by atoms with Crippen LogP contribution < -0.4 is 5.32 Å². The number of hydrogen-bond acceptors (Lipinski definition) is 4. The lowest BCUT2D eigenvalue weighted by molar-refractivity contribution is 0.0301. The Labute approximate surface area is 168 Å². The molecule has 8 heteroatoms. The van der Waals surface area contributed by atoms with Crippen LogP contribution in [0, 0.1) is 18.7 Å².